The highest BCUT2D eigenvalue weighted by atomic mass is 35.5. The molecule has 178 valence electrons. The average Bonchev–Trinajstić information content (AvgIpc) is 3.26. The van der Waals surface area contributed by atoms with Crippen LogP contribution in [0, 0.1) is 0 Å². The number of hydrogen-bond donors (Lipinski definition) is 1. The van der Waals surface area contributed by atoms with Gasteiger partial charge in [0.05, 0.1) is 24.8 Å². The first kappa shape index (κ1) is 24.0. The lowest BCUT2D eigenvalue weighted by atomic mass is 10.2. The first-order valence-corrected chi connectivity index (χ1v) is 12.1. The SMILES string of the molecule is COc1ccc(OC)c(-c2nnc3ccc(OCCNS(=O)(=O)c4cc(Cl)ccc4Cl)nn23)c1. The molecule has 2 aromatic heterocycles. The molecule has 1 N–H and O–H groups in total. The van der Waals surface area contributed by atoms with Crippen LogP contribution in [0.3, 0.4) is 0 Å². The van der Waals surface area contributed by atoms with Crippen molar-refractivity contribution in [3.63, 3.8) is 0 Å². The summed E-state index contributed by atoms with van der Waals surface area (Å²) in [4.78, 5) is -0.109. The molecule has 0 aliphatic heterocycles. The third-order valence-corrected chi connectivity index (χ3v) is 6.89. The second-order valence-corrected chi connectivity index (χ2v) is 9.43. The van der Waals surface area contributed by atoms with Crippen molar-refractivity contribution in [2.45, 2.75) is 4.90 Å². The fourth-order valence-electron chi connectivity index (χ4n) is 3.10. The standard InChI is InChI=1S/C21H19Cl2N5O5S/c1-31-14-4-6-17(32-2)15(12-14)21-26-25-19-7-8-20(27-28(19)21)33-10-9-24-34(29,30)18-11-13(22)3-5-16(18)23/h3-8,11-12,24H,9-10H2,1-2H3. The molecule has 0 bridgehead atoms. The molecule has 34 heavy (non-hydrogen) atoms. The minimum Gasteiger partial charge on any atom is -0.497 e. The molecule has 2 heterocycles. The van der Waals surface area contributed by atoms with Gasteiger partial charge in [-0.1, -0.05) is 23.2 Å². The number of sulfonamides is 1. The van der Waals surface area contributed by atoms with Gasteiger partial charge in [-0.2, -0.15) is 4.52 Å². The molecule has 10 nitrogen and oxygen atoms in total. The minimum absolute atomic E-state index is 0.00978. The normalized spacial score (nSPS) is 11.5. The molecule has 0 amide bonds. The number of benzene rings is 2. The molecule has 0 aliphatic carbocycles. The van der Waals surface area contributed by atoms with Crippen LogP contribution in [0.1, 0.15) is 0 Å². The maximum atomic E-state index is 12.5. The van der Waals surface area contributed by atoms with Gasteiger partial charge < -0.3 is 14.2 Å². The number of fused-ring (bicyclic) bond motifs is 1. The van der Waals surface area contributed by atoms with Gasteiger partial charge in [0.1, 0.15) is 23.0 Å². The number of methoxy groups -OCH3 is 2. The monoisotopic (exact) mass is 523 g/mol. The highest BCUT2D eigenvalue weighted by molar-refractivity contribution is 7.89. The fraction of sp³-hybridized carbons (Fsp3) is 0.190. The molecule has 4 rings (SSSR count). The number of hydrogen-bond acceptors (Lipinski definition) is 8. The number of halogens is 2. The molecular formula is C21H19Cl2N5O5S. The van der Waals surface area contributed by atoms with E-state index in [1.807, 2.05) is 0 Å². The van der Waals surface area contributed by atoms with Gasteiger partial charge in [-0.3, -0.25) is 0 Å². The van der Waals surface area contributed by atoms with Crippen LogP contribution in [0.2, 0.25) is 10.0 Å². The molecule has 0 atom stereocenters. The molecule has 0 radical (unpaired) electrons. The Morgan fingerprint density at radius 3 is 2.59 bits per heavy atom. The minimum atomic E-state index is -3.87. The maximum absolute atomic E-state index is 12.5. The lowest BCUT2D eigenvalue weighted by molar-refractivity contribution is 0.306. The van der Waals surface area contributed by atoms with Crippen LogP contribution in [0.15, 0.2) is 53.4 Å². The van der Waals surface area contributed by atoms with Gasteiger partial charge in [-0.05, 0) is 42.5 Å². The van der Waals surface area contributed by atoms with Crippen LogP contribution in [0.4, 0.5) is 0 Å². The number of aromatic nitrogens is 4. The Kier molecular flexibility index (Phi) is 7.08. The average molecular weight is 524 g/mol. The summed E-state index contributed by atoms with van der Waals surface area (Å²) in [5.74, 6) is 1.85. The van der Waals surface area contributed by atoms with Gasteiger partial charge in [-0.15, -0.1) is 15.3 Å². The fourth-order valence-corrected chi connectivity index (χ4v) is 4.87. The Labute approximate surface area is 205 Å². The highest BCUT2D eigenvalue weighted by Gasteiger charge is 2.19. The molecule has 0 aliphatic rings. The molecule has 13 heteroatoms. The van der Waals surface area contributed by atoms with Crippen LogP contribution in [0.25, 0.3) is 17.0 Å². The van der Waals surface area contributed by atoms with Crippen molar-refractivity contribution in [2.75, 3.05) is 27.4 Å². The van der Waals surface area contributed by atoms with Crippen molar-refractivity contribution in [2.24, 2.45) is 0 Å². The van der Waals surface area contributed by atoms with E-state index >= 15 is 0 Å². The quantitative estimate of drug-likeness (QED) is 0.331. The Balaban J connectivity index is 1.50. The molecule has 4 aromatic rings. The van der Waals surface area contributed by atoms with E-state index in [9.17, 15) is 8.42 Å². The van der Waals surface area contributed by atoms with Crippen LogP contribution in [0.5, 0.6) is 17.4 Å². The van der Waals surface area contributed by atoms with Crippen LogP contribution < -0.4 is 18.9 Å². The molecular weight excluding hydrogens is 505 g/mol. The van der Waals surface area contributed by atoms with Crippen molar-refractivity contribution < 1.29 is 22.6 Å². The zero-order valence-corrected chi connectivity index (χ0v) is 20.4. The predicted octanol–water partition coefficient (Wildman–Crippen LogP) is 3.47. The first-order chi connectivity index (χ1) is 16.3. The van der Waals surface area contributed by atoms with Crippen molar-refractivity contribution >= 4 is 38.9 Å². The Morgan fingerprint density at radius 2 is 1.82 bits per heavy atom. The van der Waals surface area contributed by atoms with Gasteiger partial charge in [0.25, 0.3) is 0 Å². The summed E-state index contributed by atoms with van der Waals surface area (Å²) < 4.78 is 45.3. The van der Waals surface area contributed by atoms with Crippen molar-refractivity contribution in [3.05, 3.63) is 58.6 Å². The highest BCUT2D eigenvalue weighted by Crippen LogP contribution is 2.32. The zero-order valence-electron chi connectivity index (χ0n) is 18.0. The largest absolute Gasteiger partial charge is 0.497 e. The summed E-state index contributed by atoms with van der Waals surface area (Å²) >= 11 is 11.9. The number of nitrogens with zero attached hydrogens (tertiary/aromatic N) is 4. The second kappa shape index (κ2) is 10.0. The third-order valence-electron chi connectivity index (χ3n) is 4.71. The lowest BCUT2D eigenvalue weighted by Crippen LogP contribution is -2.28. The first-order valence-electron chi connectivity index (χ1n) is 9.85. The molecule has 2 aromatic carbocycles. The Hall–Kier alpha value is -3.12. The van der Waals surface area contributed by atoms with E-state index in [1.165, 1.54) is 22.7 Å². The van der Waals surface area contributed by atoms with Crippen LogP contribution >= 0.6 is 23.2 Å². The molecule has 0 unspecified atom stereocenters. The third kappa shape index (κ3) is 5.02. The zero-order chi connectivity index (χ0) is 24.3. The van der Waals surface area contributed by atoms with Crippen molar-refractivity contribution in [1.82, 2.24) is 24.5 Å². The van der Waals surface area contributed by atoms with Gasteiger partial charge >= 0.3 is 0 Å². The molecule has 0 saturated carbocycles. The Morgan fingerprint density at radius 1 is 1.00 bits per heavy atom. The van der Waals surface area contributed by atoms with E-state index in [2.05, 4.69) is 20.0 Å². The molecule has 0 saturated heterocycles. The number of ether oxygens (including phenoxy) is 3. The Bertz CT molecular complexity index is 1450. The second-order valence-electron chi connectivity index (χ2n) is 6.85. The summed E-state index contributed by atoms with van der Waals surface area (Å²) in [5.41, 5.74) is 1.12. The van der Waals surface area contributed by atoms with E-state index in [-0.39, 0.29) is 34.0 Å². The summed E-state index contributed by atoms with van der Waals surface area (Å²) in [5, 5.41) is 13.1. The summed E-state index contributed by atoms with van der Waals surface area (Å²) in [6, 6.07) is 12.8. The summed E-state index contributed by atoms with van der Waals surface area (Å²) in [6.45, 7) is -0.0144. The topological polar surface area (TPSA) is 117 Å². The van der Waals surface area contributed by atoms with Gasteiger partial charge in [-0.25, -0.2) is 13.1 Å². The van der Waals surface area contributed by atoms with Gasteiger partial charge in [0.2, 0.25) is 15.9 Å². The van der Waals surface area contributed by atoms with Crippen LogP contribution in [-0.4, -0.2) is 55.6 Å². The van der Waals surface area contributed by atoms with Crippen molar-refractivity contribution in [3.8, 4) is 28.8 Å². The number of rotatable bonds is 9. The lowest BCUT2D eigenvalue weighted by Gasteiger charge is -2.10. The predicted molar refractivity (Wildman–Crippen MR) is 126 cm³/mol. The van der Waals surface area contributed by atoms with E-state index in [1.54, 1.807) is 44.6 Å². The smallest absolute Gasteiger partial charge is 0.242 e. The van der Waals surface area contributed by atoms with E-state index in [0.717, 1.165) is 0 Å². The molecule has 0 fully saturated rings. The summed E-state index contributed by atoms with van der Waals surface area (Å²) in [7, 11) is -0.757. The van der Waals surface area contributed by atoms with Crippen molar-refractivity contribution in [1.29, 1.82) is 0 Å². The van der Waals surface area contributed by atoms with E-state index < -0.39 is 10.0 Å². The van der Waals surface area contributed by atoms with E-state index in [0.29, 0.717) is 28.5 Å². The number of nitrogens with one attached hydrogen (secondary N) is 1. The van der Waals surface area contributed by atoms with Gasteiger partial charge in [0, 0.05) is 17.6 Å². The molecule has 0 spiro atoms. The van der Waals surface area contributed by atoms with Crippen LogP contribution in [-0.2, 0) is 10.0 Å². The van der Waals surface area contributed by atoms with Gasteiger partial charge in [0.15, 0.2) is 11.5 Å². The summed E-state index contributed by atoms with van der Waals surface area (Å²) in [6.07, 6.45) is 0. The van der Waals surface area contributed by atoms with E-state index in [4.69, 9.17) is 37.4 Å². The maximum Gasteiger partial charge on any atom is 0.242 e.